The molecule has 0 fully saturated rings. The average Bonchev–Trinajstić information content (AvgIpc) is 3.06. The molecule has 0 unspecified atom stereocenters. The molecule has 112 valence electrons. The minimum atomic E-state index is -0.176. The second-order valence-electron chi connectivity index (χ2n) is 5.27. The lowest BCUT2D eigenvalue weighted by Crippen LogP contribution is -2.24. The van der Waals surface area contributed by atoms with E-state index >= 15 is 0 Å². The van der Waals surface area contributed by atoms with Gasteiger partial charge in [0, 0.05) is 5.56 Å². The van der Waals surface area contributed by atoms with Gasteiger partial charge in [0.1, 0.15) is 4.83 Å². The molecule has 0 N–H and O–H groups in total. The molecule has 2 heterocycles. The Balaban J connectivity index is 1.76. The van der Waals surface area contributed by atoms with Gasteiger partial charge in [-0.15, -0.1) is 11.3 Å². The molecule has 2 aromatic heterocycles. The molecule has 0 atom stereocenters. The second-order valence-corrected chi connectivity index (χ2v) is 6.16. The number of hydrogen-bond acceptors (Lipinski definition) is 4. The van der Waals surface area contributed by atoms with Gasteiger partial charge in [0.15, 0.2) is 5.78 Å². The number of nitrogens with zero attached hydrogens (tertiary/aromatic N) is 2. The third-order valence-electron chi connectivity index (χ3n) is 3.85. The summed E-state index contributed by atoms with van der Waals surface area (Å²) in [6.07, 6.45) is 1.45. The van der Waals surface area contributed by atoms with Crippen molar-refractivity contribution in [2.24, 2.45) is 0 Å². The van der Waals surface area contributed by atoms with Crippen LogP contribution in [0, 0.1) is 0 Å². The van der Waals surface area contributed by atoms with Crippen LogP contribution in [0.3, 0.4) is 0 Å². The predicted octanol–water partition coefficient (Wildman–Crippen LogP) is 3.49. The van der Waals surface area contributed by atoms with E-state index in [9.17, 15) is 9.59 Å². The molecule has 23 heavy (non-hydrogen) atoms. The lowest BCUT2D eigenvalue weighted by Gasteiger charge is -2.07. The van der Waals surface area contributed by atoms with Crippen molar-refractivity contribution in [1.82, 2.24) is 9.55 Å². The van der Waals surface area contributed by atoms with Crippen LogP contribution in [0.2, 0.25) is 0 Å². The lowest BCUT2D eigenvalue weighted by molar-refractivity contribution is 0.0972. The van der Waals surface area contributed by atoms with Crippen molar-refractivity contribution in [3.05, 3.63) is 76.2 Å². The summed E-state index contributed by atoms with van der Waals surface area (Å²) in [5.74, 6) is -0.0970. The SMILES string of the molecule is O=C(Cn1cnc2sccc2c1=O)c1cccc2ccccc12. The van der Waals surface area contributed by atoms with Crippen LogP contribution in [0.5, 0.6) is 0 Å². The summed E-state index contributed by atoms with van der Waals surface area (Å²) in [6, 6.07) is 15.1. The van der Waals surface area contributed by atoms with Crippen LogP contribution in [0.1, 0.15) is 10.4 Å². The molecule has 5 heteroatoms. The maximum absolute atomic E-state index is 12.7. The van der Waals surface area contributed by atoms with Gasteiger partial charge < -0.3 is 0 Å². The Bertz CT molecular complexity index is 1090. The molecule has 0 aliphatic heterocycles. The predicted molar refractivity (Wildman–Crippen MR) is 92.2 cm³/mol. The zero-order chi connectivity index (χ0) is 15.8. The molecule has 0 amide bonds. The Morgan fingerprint density at radius 2 is 1.87 bits per heavy atom. The highest BCUT2D eigenvalue weighted by Crippen LogP contribution is 2.19. The summed E-state index contributed by atoms with van der Waals surface area (Å²) in [4.78, 5) is 30.0. The number of thiophene rings is 1. The van der Waals surface area contributed by atoms with E-state index < -0.39 is 0 Å². The lowest BCUT2D eigenvalue weighted by atomic mass is 10.0. The van der Waals surface area contributed by atoms with Crippen LogP contribution in [-0.4, -0.2) is 15.3 Å². The molecule has 0 aliphatic carbocycles. The summed E-state index contributed by atoms with van der Waals surface area (Å²) >= 11 is 1.42. The van der Waals surface area contributed by atoms with Gasteiger partial charge in [-0.25, -0.2) is 4.98 Å². The van der Waals surface area contributed by atoms with Crippen molar-refractivity contribution in [3.63, 3.8) is 0 Å². The number of Topliss-reactive ketones (excluding diaryl/α,β-unsaturated/α-hetero) is 1. The standard InChI is InChI=1S/C18H12N2O2S/c21-16(14-7-3-5-12-4-1-2-6-13(12)14)10-20-11-19-17-15(18(20)22)8-9-23-17/h1-9,11H,10H2. The van der Waals surface area contributed by atoms with Crippen molar-refractivity contribution in [1.29, 1.82) is 0 Å². The van der Waals surface area contributed by atoms with Crippen molar-refractivity contribution >= 4 is 38.1 Å². The smallest absolute Gasteiger partial charge is 0.262 e. The van der Waals surface area contributed by atoms with E-state index in [4.69, 9.17) is 0 Å². The number of carbonyl (C=O) groups is 1. The normalized spacial score (nSPS) is 11.1. The summed E-state index contributed by atoms with van der Waals surface area (Å²) in [5, 5.41) is 4.30. The van der Waals surface area contributed by atoms with E-state index in [1.807, 2.05) is 41.8 Å². The monoisotopic (exact) mass is 320 g/mol. The zero-order valence-corrected chi connectivity index (χ0v) is 12.9. The Hall–Kier alpha value is -2.79. The van der Waals surface area contributed by atoms with E-state index in [1.165, 1.54) is 22.2 Å². The van der Waals surface area contributed by atoms with Gasteiger partial charge in [-0.1, -0.05) is 42.5 Å². The van der Waals surface area contributed by atoms with E-state index in [1.54, 1.807) is 12.1 Å². The first-order valence-corrected chi connectivity index (χ1v) is 8.05. The van der Waals surface area contributed by atoms with E-state index in [0.29, 0.717) is 15.8 Å². The van der Waals surface area contributed by atoms with Crippen molar-refractivity contribution in [3.8, 4) is 0 Å². The highest BCUT2D eigenvalue weighted by molar-refractivity contribution is 7.16. The highest BCUT2D eigenvalue weighted by Gasteiger charge is 2.13. The maximum Gasteiger partial charge on any atom is 0.262 e. The molecule has 4 nitrogen and oxygen atoms in total. The van der Waals surface area contributed by atoms with Gasteiger partial charge in [-0.2, -0.15) is 0 Å². The van der Waals surface area contributed by atoms with Gasteiger partial charge in [-0.05, 0) is 22.2 Å². The van der Waals surface area contributed by atoms with Crippen LogP contribution in [0.15, 0.2) is 65.0 Å². The fourth-order valence-corrected chi connectivity index (χ4v) is 3.44. The molecule has 0 bridgehead atoms. The molecule has 2 aromatic carbocycles. The third kappa shape index (κ3) is 2.35. The van der Waals surface area contributed by atoms with Crippen LogP contribution in [0.25, 0.3) is 21.0 Å². The van der Waals surface area contributed by atoms with E-state index in [0.717, 1.165) is 10.8 Å². The molecule has 0 spiro atoms. The summed E-state index contributed by atoms with van der Waals surface area (Å²) in [7, 11) is 0. The summed E-state index contributed by atoms with van der Waals surface area (Å²) in [6.45, 7) is -0.00831. The summed E-state index contributed by atoms with van der Waals surface area (Å²) in [5.41, 5.74) is 0.449. The number of ketones is 1. The number of hydrogen-bond donors (Lipinski definition) is 0. The number of fused-ring (bicyclic) bond motifs is 2. The molecule has 0 saturated carbocycles. The first-order chi connectivity index (χ1) is 11.2. The van der Waals surface area contributed by atoms with Crippen LogP contribution < -0.4 is 5.56 Å². The Morgan fingerprint density at radius 3 is 2.78 bits per heavy atom. The molecule has 0 aliphatic rings. The second kappa shape index (κ2) is 5.44. The topological polar surface area (TPSA) is 52.0 Å². The molecule has 0 radical (unpaired) electrons. The number of rotatable bonds is 3. The quantitative estimate of drug-likeness (QED) is 0.543. The van der Waals surface area contributed by atoms with Gasteiger partial charge in [0.25, 0.3) is 5.56 Å². The fourth-order valence-electron chi connectivity index (χ4n) is 2.71. The Labute approximate surface area is 135 Å². The average molecular weight is 320 g/mol. The van der Waals surface area contributed by atoms with Crippen LogP contribution in [-0.2, 0) is 6.54 Å². The fraction of sp³-hybridized carbons (Fsp3) is 0.0556. The molecule has 0 saturated heterocycles. The van der Waals surface area contributed by atoms with E-state index in [2.05, 4.69) is 4.98 Å². The third-order valence-corrected chi connectivity index (χ3v) is 4.68. The highest BCUT2D eigenvalue weighted by atomic mass is 32.1. The first-order valence-electron chi connectivity index (χ1n) is 7.17. The van der Waals surface area contributed by atoms with Crippen LogP contribution in [0.4, 0.5) is 0 Å². The number of benzene rings is 2. The van der Waals surface area contributed by atoms with Gasteiger partial charge in [0.2, 0.25) is 0 Å². The Kier molecular flexibility index (Phi) is 3.28. The maximum atomic E-state index is 12.7. The zero-order valence-electron chi connectivity index (χ0n) is 12.1. The van der Waals surface area contributed by atoms with Crippen molar-refractivity contribution < 1.29 is 4.79 Å². The molecule has 4 rings (SSSR count). The Morgan fingerprint density at radius 1 is 1.04 bits per heavy atom. The van der Waals surface area contributed by atoms with E-state index in [-0.39, 0.29) is 17.9 Å². The van der Waals surface area contributed by atoms with Gasteiger partial charge in [-0.3, -0.25) is 14.2 Å². The summed E-state index contributed by atoms with van der Waals surface area (Å²) < 4.78 is 1.37. The minimum absolute atomic E-state index is 0.00831. The van der Waals surface area contributed by atoms with Crippen LogP contribution >= 0.6 is 11.3 Å². The number of carbonyl (C=O) groups excluding carboxylic acids is 1. The van der Waals surface area contributed by atoms with Gasteiger partial charge in [0.05, 0.1) is 18.3 Å². The first kappa shape index (κ1) is 13.8. The molecule has 4 aromatic rings. The number of aromatic nitrogens is 2. The largest absolute Gasteiger partial charge is 0.292 e. The van der Waals surface area contributed by atoms with Gasteiger partial charge >= 0.3 is 0 Å². The van der Waals surface area contributed by atoms with Crippen molar-refractivity contribution in [2.45, 2.75) is 6.54 Å². The molecular formula is C18H12N2O2S. The van der Waals surface area contributed by atoms with Crippen molar-refractivity contribution in [2.75, 3.05) is 0 Å². The minimum Gasteiger partial charge on any atom is -0.292 e. The molecular weight excluding hydrogens is 308 g/mol.